The highest BCUT2D eigenvalue weighted by molar-refractivity contribution is 7.92. The molecule has 0 radical (unpaired) electrons. The van der Waals surface area contributed by atoms with Gasteiger partial charge in [-0.2, -0.15) is 0 Å². The van der Waals surface area contributed by atoms with Crippen LogP contribution in [0, 0.1) is 17.0 Å². The van der Waals surface area contributed by atoms with Crippen LogP contribution >= 0.6 is 0 Å². The number of sulfonamides is 1. The van der Waals surface area contributed by atoms with Crippen LogP contribution in [0.1, 0.15) is 37.4 Å². The molecule has 0 amide bonds. The third kappa shape index (κ3) is 4.71. The van der Waals surface area contributed by atoms with E-state index < -0.39 is 15.8 Å². The fourth-order valence-corrected chi connectivity index (χ4v) is 6.89. The summed E-state index contributed by atoms with van der Waals surface area (Å²) in [5.74, 6) is -0.308. The summed E-state index contributed by atoms with van der Waals surface area (Å²) in [6.07, 6.45) is 2.74. The van der Waals surface area contributed by atoms with E-state index >= 15 is 0 Å². The van der Waals surface area contributed by atoms with Crippen LogP contribution in [0.25, 0.3) is 55.8 Å². The van der Waals surface area contributed by atoms with Crippen molar-refractivity contribution in [1.82, 2.24) is 9.55 Å². The lowest BCUT2D eigenvalue weighted by Crippen LogP contribution is -2.25. The molecule has 0 bridgehead atoms. The average molecular weight is 625 g/mol. The van der Waals surface area contributed by atoms with Gasteiger partial charge in [0.2, 0.25) is 10.0 Å². The highest BCUT2D eigenvalue weighted by Crippen LogP contribution is 2.43. The SMILES string of the molecule is CC(=N)c1c(-c2ccc(F)cc2)oc2cc(N(C)S(C)(=O)=O)c(-c3ccc4c(n3)-c3cc5c(F)cccc5n3C(C)CC4)cc12. The number of nitrogens with one attached hydrogen (secondary N) is 1. The molecule has 1 N–H and O–H groups in total. The number of nitrogens with zero attached hydrogens (tertiary/aromatic N) is 3. The Morgan fingerprint density at radius 3 is 2.51 bits per heavy atom. The largest absolute Gasteiger partial charge is 0.455 e. The Labute approximate surface area is 259 Å². The molecular formula is C35H30F2N4O3S. The maximum absolute atomic E-state index is 14.9. The number of pyridine rings is 1. The molecule has 45 heavy (non-hydrogen) atoms. The molecule has 0 aliphatic carbocycles. The molecule has 4 heterocycles. The number of hydrogen-bond donors (Lipinski definition) is 1. The Hall–Kier alpha value is -4.83. The second-order valence-electron chi connectivity index (χ2n) is 11.7. The molecule has 1 aliphatic heterocycles. The Morgan fingerprint density at radius 1 is 1.04 bits per heavy atom. The van der Waals surface area contributed by atoms with Gasteiger partial charge in [-0.05, 0) is 86.8 Å². The van der Waals surface area contributed by atoms with E-state index in [9.17, 15) is 17.2 Å². The van der Waals surface area contributed by atoms with Crippen LogP contribution in [0.15, 0.2) is 77.2 Å². The van der Waals surface area contributed by atoms with Crippen LogP contribution in [-0.4, -0.2) is 37.0 Å². The molecule has 1 aliphatic rings. The summed E-state index contributed by atoms with van der Waals surface area (Å²) in [4.78, 5) is 5.13. The molecule has 3 aromatic heterocycles. The molecule has 228 valence electrons. The first-order valence-electron chi connectivity index (χ1n) is 14.6. The highest BCUT2D eigenvalue weighted by atomic mass is 32.2. The van der Waals surface area contributed by atoms with Gasteiger partial charge in [0.1, 0.15) is 23.0 Å². The lowest BCUT2D eigenvalue weighted by molar-refractivity contribution is 0.534. The zero-order valence-corrected chi connectivity index (χ0v) is 26.0. The van der Waals surface area contributed by atoms with Crippen molar-refractivity contribution in [3.8, 4) is 34.0 Å². The van der Waals surface area contributed by atoms with Crippen LogP contribution in [0.2, 0.25) is 0 Å². The van der Waals surface area contributed by atoms with E-state index in [4.69, 9.17) is 14.8 Å². The van der Waals surface area contributed by atoms with E-state index in [1.54, 1.807) is 37.3 Å². The van der Waals surface area contributed by atoms with E-state index in [0.29, 0.717) is 55.9 Å². The normalized spacial score (nSPS) is 14.8. The van der Waals surface area contributed by atoms with Gasteiger partial charge in [0.05, 0.1) is 34.5 Å². The van der Waals surface area contributed by atoms with Gasteiger partial charge in [-0.15, -0.1) is 0 Å². The molecule has 6 aromatic rings. The fourth-order valence-electron chi connectivity index (χ4n) is 6.38. The Kier molecular flexibility index (Phi) is 6.67. The zero-order valence-electron chi connectivity index (χ0n) is 25.2. The van der Waals surface area contributed by atoms with Crippen LogP contribution in [0.5, 0.6) is 0 Å². The molecule has 0 spiro atoms. The van der Waals surface area contributed by atoms with Crippen molar-refractivity contribution >= 4 is 43.3 Å². The van der Waals surface area contributed by atoms with E-state index in [0.717, 1.165) is 35.9 Å². The summed E-state index contributed by atoms with van der Waals surface area (Å²) in [5.41, 5.74) is 6.44. The van der Waals surface area contributed by atoms with Crippen molar-refractivity contribution in [2.24, 2.45) is 0 Å². The number of halogens is 2. The van der Waals surface area contributed by atoms with E-state index in [2.05, 4.69) is 11.5 Å². The van der Waals surface area contributed by atoms with Crippen molar-refractivity contribution in [2.75, 3.05) is 17.6 Å². The molecule has 1 atom stereocenters. The molecule has 0 fully saturated rings. The predicted molar refractivity (Wildman–Crippen MR) is 175 cm³/mol. The maximum Gasteiger partial charge on any atom is 0.232 e. The Morgan fingerprint density at radius 2 is 1.80 bits per heavy atom. The summed E-state index contributed by atoms with van der Waals surface area (Å²) >= 11 is 0. The van der Waals surface area contributed by atoms with Crippen molar-refractivity contribution < 1.29 is 21.6 Å². The first-order chi connectivity index (χ1) is 21.4. The minimum Gasteiger partial charge on any atom is -0.455 e. The summed E-state index contributed by atoms with van der Waals surface area (Å²) in [6.45, 7) is 3.76. The molecule has 10 heteroatoms. The molecular weight excluding hydrogens is 594 g/mol. The van der Waals surface area contributed by atoms with Gasteiger partial charge in [-0.25, -0.2) is 22.2 Å². The number of rotatable bonds is 5. The van der Waals surface area contributed by atoms with E-state index in [1.165, 1.54) is 29.6 Å². The summed E-state index contributed by atoms with van der Waals surface area (Å²) < 4.78 is 64.0. The number of furan rings is 1. The van der Waals surface area contributed by atoms with Crippen molar-refractivity contribution in [3.63, 3.8) is 0 Å². The number of hydrogen-bond acceptors (Lipinski definition) is 5. The quantitative estimate of drug-likeness (QED) is 0.195. The molecule has 3 aromatic carbocycles. The van der Waals surface area contributed by atoms with Crippen molar-refractivity contribution in [2.45, 2.75) is 32.7 Å². The highest BCUT2D eigenvalue weighted by Gasteiger charge is 2.27. The summed E-state index contributed by atoms with van der Waals surface area (Å²) in [6, 6.07) is 20.2. The standard InChI is InChI=1S/C35H30F2N4O3S/c1-19-8-9-21-12-15-28(39-34(21)31-17-24-27(37)6-5-7-29(24)41(19)31)25-16-26-32(18-30(25)40(3)45(4,42)43)44-35(33(26)20(2)38)22-10-13-23(36)14-11-22/h5-7,10-19,38H,8-9H2,1-4H3. The minimum absolute atomic E-state index is 0.106. The third-order valence-corrected chi connectivity index (χ3v) is 9.92. The van der Waals surface area contributed by atoms with Gasteiger partial charge in [0.15, 0.2) is 0 Å². The smallest absolute Gasteiger partial charge is 0.232 e. The zero-order chi connectivity index (χ0) is 31.8. The van der Waals surface area contributed by atoms with Crippen LogP contribution < -0.4 is 4.31 Å². The predicted octanol–water partition coefficient (Wildman–Crippen LogP) is 8.35. The lowest BCUT2D eigenvalue weighted by atomic mass is 9.98. The minimum atomic E-state index is -3.70. The molecule has 1 unspecified atom stereocenters. The van der Waals surface area contributed by atoms with Gasteiger partial charge in [-0.1, -0.05) is 12.1 Å². The topological polar surface area (TPSA) is 92.2 Å². The second-order valence-corrected chi connectivity index (χ2v) is 13.7. The first-order valence-corrected chi connectivity index (χ1v) is 16.4. The third-order valence-electron chi connectivity index (χ3n) is 8.72. The maximum atomic E-state index is 14.9. The van der Waals surface area contributed by atoms with Crippen LogP contribution in [-0.2, 0) is 16.4 Å². The lowest BCUT2D eigenvalue weighted by Gasteiger charge is -2.21. The summed E-state index contributed by atoms with van der Waals surface area (Å²) in [7, 11) is -2.23. The monoisotopic (exact) mass is 624 g/mol. The van der Waals surface area contributed by atoms with E-state index in [1.807, 2.05) is 24.3 Å². The van der Waals surface area contributed by atoms with E-state index in [-0.39, 0.29) is 17.6 Å². The Bertz CT molecular complexity index is 2290. The number of aromatic nitrogens is 2. The molecule has 0 saturated heterocycles. The number of anilines is 1. The molecule has 0 saturated carbocycles. The summed E-state index contributed by atoms with van der Waals surface area (Å²) in [5, 5.41) is 9.73. The second kappa shape index (κ2) is 10.4. The fraction of sp³-hybridized carbons (Fsp3) is 0.200. The van der Waals surface area contributed by atoms with Gasteiger partial charge >= 0.3 is 0 Å². The number of benzene rings is 3. The average Bonchev–Trinajstić information content (AvgIpc) is 3.54. The van der Waals surface area contributed by atoms with Crippen molar-refractivity contribution in [1.29, 1.82) is 5.41 Å². The van der Waals surface area contributed by atoms with Crippen LogP contribution in [0.3, 0.4) is 0 Å². The van der Waals surface area contributed by atoms with Crippen LogP contribution in [0.4, 0.5) is 14.5 Å². The number of fused-ring (bicyclic) bond motifs is 6. The van der Waals surface area contributed by atoms with Crippen molar-refractivity contribution in [3.05, 3.63) is 95.6 Å². The van der Waals surface area contributed by atoms with Gasteiger partial charge < -0.3 is 14.4 Å². The first kappa shape index (κ1) is 28.9. The molecule has 7 nitrogen and oxygen atoms in total. The molecule has 7 rings (SSSR count). The van der Waals surface area contributed by atoms with Gasteiger partial charge in [0.25, 0.3) is 0 Å². The van der Waals surface area contributed by atoms with Gasteiger partial charge in [-0.3, -0.25) is 4.31 Å². The number of aryl methyl sites for hydroxylation is 1. The van der Waals surface area contributed by atoms with Gasteiger partial charge in [0, 0.05) is 52.3 Å². The Balaban J connectivity index is 1.51.